The van der Waals surface area contributed by atoms with E-state index in [0.717, 1.165) is 25.7 Å². The summed E-state index contributed by atoms with van der Waals surface area (Å²) in [5, 5.41) is 14.3. The SMILES string of the molecule is CN(CC1(O)CCCC1)C(=O)C(N)c1cnn(C)c1. The maximum Gasteiger partial charge on any atom is 0.244 e. The van der Waals surface area contributed by atoms with E-state index in [-0.39, 0.29) is 5.91 Å². The van der Waals surface area contributed by atoms with E-state index < -0.39 is 11.6 Å². The second-order valence-electron chi connectivity index (χ2n) is 5.55. The minimum atomic E-state index is -0.737. The molecule has 1 aromatic rings. The lowest BCUT2D eigenvalue weighted by molar-refractivity contribution is -0.134. The van der Waals surface area contributed by atoms with E-state index in [9.17, 15) is 9.90 Å². The molecule has 0 bridgehead atoms. The quantitative estimate of drug-likeness (QED) is 0.814. The van der Waals surface area contributed by atoms with Gasteiger partial charge in [-0.1, -0.05) is 12.8 Å². The summed E-state index contributed by atoms with van der Waals surface area (Å²) in [6.45, 7) is 0.347. The number of hydrogen-bond acceptors (Lipinski definition) is 4. The Kier molecular flexibility index (Phi) is 3.91. The van der Waals surface area contributed by atoms with Crippen molar-refractivity contribution in [1.29, 1.82) is 0 Å². The van der Waals surface area contributed by atoms with Crippen LogP contribution in [0.1, 0.15) is 37.3 Å². The molecule has 1 saturated carbocycles. The van der Waals surface area contributed by atoms with Crippen molar-refractivity contribution >= 4 is 5.91 Å². The van der Waals surface area contributed by atoms with E-state index in [4.69, 9.17) is 5.73 Å². The average molecular weight is 266 g/mol. The van der Waals surface area contributed by atoms with Crippen molar-refractivity contribution in [3.8, 4) is 0 Å². The van der Waals surface area contributed by atoms with Crippen LogP contribution in [0.15, 0.2) is 12.4 Å². The first-order valence-electron chi connectivity index (χ1n) is 6.63. The average Bonchev–Trinajstić information content (AvgIpc) is 2.96. The lowest BCUT2D eigenvalue weighted by Gasteiger charge is -2.30. The summed E-state index contributed by atoms with van der Waals surface area (Å²) in [4.78, 5) is 13.8. The van der Waals surface area contributed by atoms with Gasteiger partial charge in [-0.15, -0.1) is 0 Å². The molecule has 1 atom stereocenters. The normalized spacial score (nSPS) is 19.4. The Labute approximate surface area is 113 Å². The molecule has 0 spiro atoms. The Morgan fingerprint density at radius 3 is 2.79 bits per heavy atom. The van der Waals surface area contributed by atoms with E-state index in [2.05, 4.69) is 5.10 Å². The lowest BCUT2D eigenvalue weighted by atomic mass is 10.0. The van der Waals surface area contributed by atoms with Gasteiger partial charge in [-0.3, -0.25) is 9.48 Å². The van der Waals surface area contributed by atoms with Gasteiger partial charge < -0.3 is 15.7 Å². The number of likely N-dealkylation sites (N-methyl/N-ethyl adjacent to an activating group) is 1. The Morgan fingerprint density at radius 1 is 1.63 bits per heavy atom. The second kappa shape index (κ2) is 5.30. The third-order valence-corrected chi connectivity index (χ3v) is 3.79. The van der Waals surface area contributed by atoms with Gasteiger partial charge in [0.1, 0.15) is 6.04 Å². The van der Waals surface area contributed by atoms with Crippen LogP contribution >= 0.6 is 0 Å². The van der Waals surface area contributed by atoms with Gasteiger partial charge >= 0.3 is 0 Å². The molecule has 2 rings (SSSR count). The van der Waals surface area contributed by atoms with Crippen LogP contribution < -0.4 is 5.73 Å². The molecule has 1 aromatic heterocycles. The van der Waals surface area contributed by atoms with Crippen LogP contribution in [0.2, 0.25) is 0 Å². The first-order valence-corrected chi connectivity index (χ1v) is 6.63. The Balaban J connectivity index is 1.98. The summed E-state index contributed by atoms with van der Waals surface area (Å²) in [7, 11) is 3.47. The van der Waals surface area contributed by atoms with Crippen LogP contribution in [0.25, 0.3) is 0 Å². The number of hydrogen-bond donors (Lipinski definition) is 2. The molecule has 1 aliphatic carbocycles. The van der Waals surface area contributed by atoms with Crippen molar-refractivity contribution in [2.45, 2.75) is 37.3 Å². The van der Waals surface area contributed by atoms with E-state index >= 15 is 0 Å². The van der Waals surface area contributed by atoms with Crippen LogP contribution in [0, 0.1) is 0 Å². The molecule has 1 aliphatic rings. The Morgan fingerprint density at radius 2 is 2.26 bits per heavy atom. The standard InChI is InChI=1S/C13H22N4O2/c1-16(9-13(19)5-3-4-6-13)12(18)11(14)10-7-15-17(2)8-10/h7-8,11,19H,3-6,9,14H2,1-2H3. The van der Waals surface area contributed by atoms with Crippen molar-refractivity contribution < 1.29 is 9.90 Å². The fourth-order valence-corrected chi connectivity index (χ4v) is 2.69. The predicted molar refractivity (Wildman–Crippen MR) is 71.2 cm³/mol. The molecule has 3 N–H and O–H groups in total. The van der Waals surface area contributed by atoms with Gasteiger partial charge in [0.15, 0.2) is 0 Å². The molecule has 1 heterocycles. The van der Waals surface area contributed by atoms with Gasteiger partial charge in [0.05, 0.1) is 11.8 Å². The number of carbonyl (C=O) groups excluding carboxylic acids is 1. The highest BCUT2D eigenvalue weighted by Gasteiger charge is 2.34. The summed E-state index contributed by atoms with van der Waals surface area (Å²) < 4.78 is 1.62. The molecule has 1 fully saturated rings. The van der Waals surface area contributed by atoms with Gasteiger partial charge in [0.2, 0.25) is 5.91 Å². The molecular weight excluding hydrogens is 244 g/mol. The molecule has 6 nitrogen and oxygen atoms in total. The van der Waals surface area contributed by atoms with Crippen molar-refractivity contribution in [2.75, 3.05) is 13.6 Å². The van der Waals surface area contributed by atoms with Crippen molar-refractivity contribution in [3.05, 3.63) is 18.0 Å². The van der Waals surface area contributed by atoms with E-state index in [1.807, 2.05) is 0 Å². The number of rotatable bonds is 4. The summed E-state index contributed by atoms with van der Waals surface area (Å²) in [5.41, 5.74) is 5.90. The third-order valence-electron chi connectivity index (χ3n) is 3.79. The van der Waals surface area contributed by atoms with Crippen LogP contribution in [-0.4, -0.2) is 44.9 Å². The highest BCUT2D eigenvalue weighted by Crippen LogP contribution is 2.30. The number of aryl methyl sites for hydroxylation is 1. The minimum absolute atomic E-state index is 0.187. The number of amides is 1. The van der Waals surface area contributed by atoms with Gasteiger partial charge in [0.25, 0.3) is 0 Å². The van der Waals surface area contributed by atoms with Crippen LogP contribution in [0.4, 0.5) is 0 Å². The van der Waals surface area contributed by atoms with Crippen molar-refractivity contribution in [3.63, 3.8) is 0 Å². The maximum atomic E-state index is 12.2. The maximum absolute atomic E-state index is 12.2. The van der Waals surface area contributed by atoms with E-state index in [0.29, 0.717) is 12.1 Å². The van der Waals surface area contributed by atoms with E-state index in [1.54, 1.807) is 31.2 Å². The number of nitrogens with two attached hydrogens (primary N) is 1. The smallest absolute Gasteiger partial charge is 0.244 e. The van der Waals surface area contributed by atoms with Crippen molar-refractivity contribution in [1.82, 2.24) is 14.7 Å². The fraction of sp³-hybridized carbons (Fsp3) is 0.692. The van der Waals surface area contributed by atoms with Gasteiger partial charge in [-0.25, -0.2) is 0 Å². The highest BCUT2D eigenvalue weighted by atomic mass is 16.3. The molecule has 106 valence electrons. The van der Waals surface area contributed by atoms with Gasteiger partial charge in [0, 0.05) is 32.4 Å². The van der Waals surface area contributed by atoms with E-state index in [1.165, 1.54) is 4.90 Å². The zero-order valence-electron chi connectivity index (χ0n) is 11.5. The molecule has 0 saturated heterocycles. The van der Waals surface area contributed by atoms with Gasteiger partial charge in [-0.2, -0.15) is 5.10 Å². The number of aliphatic hydroxyl groups is 1. The van der Waals surface area contributed by atoms with Crippen LogP contribution in [0.5, 0.6) is 0 Å². The summed E-state index contributed by atoms with van der Waals surface area (Å²) in [6, 6.07) is -0.719. The molecule has 0 radical (unpaired) electrons. The molecule has 19 heavy (non-hydrogen) atoms. The highest BCUT2D eigenvalue weighted by molar-refractivity contribution is 5.82. The Hall–Kier alpha value is -1.40. The zero-order valence-corrected chi connectivity index (χ0v) is 11.5. The summed E-state index contributed by atoms with van der Waals surface area (Å²) in [6.07, 6.45) is 6.89. The zero-order chi connectivity index (χ0) is 14.0. The molecule has 1 unspecified atom stereocenters. The molecular formula is C13H22N4O2. The largest absolute Gasteiger partial charge is 0.388 e. The fourth-order valence-electron chi connectivity index (χ4n) is 2.69. The Bertz CT molecular complexity index is 451. The summed E-state index contributed by atoms with van der Waals surface area (Å²) in [5.74, 6) is -0.187. The third kappa shape index (κ3) is 3.13. The predicted octanol–water partition coefficient (Wildman–Crippen LogP) is 0.183. The molecule has 0 aliphatic heterocycles. The topological polar surface area (TPSA) is 84.4 Å². The van der Waals surface area contributed by atoms with Crippen LogP contribution in [0.3, 0.4) is 0 Å². The summed E-state index contributed by atoms with van der Waals surface area (Å²) >= 11 is 0. The first kappa shape index (κ1) is 14.0. The minimum Gasteiger partial charge on any atom is -0.388 e. The molecule has 0 aromatic carbocycles. The second-order valence-corrected chi connectivity index (χ2v) is 5.55. The molecule has 1 amide bonds. The monoisotopic (exact) mass is 266 g/mol. The number of aromatic nitrogens is 2. The number of nitrogens with zero attached hydrogens (tertiary/aromatic N) is 3. The van der Waals surface area contributed by atoms with Crippen LogP contribution in [-0.2, 0) is 11.8 Å². The van der Waals surface area contributed by atoms with Crippen molar-refractivity contribution in [2.24, 2.45) is 12.8 Å². The lowest BCUT2D eigenvalue weighted by Crippen LogP contribution is -2.45. The number of carbonyl (C=O) groups is 1. The van der Waals surface area contributed by atoms with Gasteiger partial charge in [-0.05, 0) is 12.8 Å². The molecule has 6 heteroatoms. The first-order chi connectivity index (χ1) is 8.91.